The van der Waals surface area contributed by atoms with Crippen molar-refractivity contribution in [2.45, 2.75) is 25.7 Å². The Labute approximate surface area is 160 Å². The minimum absolute atomic E-state index is 0.0342. The second kappa shape index (κ2) is 7.59. The Bertz CT molecular complexity index is 804. The fourth-order valence-electron chi connectivity index (χ4n) is 4.24. The summed E-state index contributed by atoms with van der Waals surface area (Å²) in [5.74, 6) is 0.221. The van der Waals surface area contributed by atoms with Crippen LogP contribution in [0.3, 0.4) is 0 Å². The van der Waals surface area contributed by atoms with Crippen LogP contribution in [0.2, 0.25) is 0 Å². The summed E-state index contributed by atoms with van der Waals surface area (Å²) < 4.78 is 0. The number of allylic oxidation sites excluding steroid dienone is 3. The number of carbonyl (C=O) groups is 2. The van der Waals surface area contributed by atoms with Gasteiger partial charge in [-0.2, -0.15) is 0 Å². The number of fused-ring (bicyclic) bond motifs is 1. The first kappa shape index (κ1) is 17.8. The number of amides is 2. The molecule has 142 valence electrons. The maximum absolute atomic E-state index is 12.9. The van der Waals surface area contributed by atoms with Crippen LogP contribution >= 0.6 is 0 Å². The number of carbonyl (C=O) groups excluding carboxylic acids is 2. The fourth-order valence-corrected chi connectivity index (χ4v) is 4.24. The van der Waals surface area contributed by atoms with E-state index in [2.05, 4.69) is 40.6 Å². The Morgan fingerprint density at radius 1 is 1.04 bits per heavy atom. The maximum atomic E-state index is 12.9. The molecular weight excluding hydrogens is 338 g/mol. The van der Waals surface area contributed by atoms with E-state index in [1.807, 2.05) is 11.0 Å². The third kappa shape index (κ3) is 3.64. The molecule has 1 saturated heterocycles. The number of hydrogen-bond donors (Lipinski definition) is 1. The molecule has 2 aliphatic heterocycles. The van der Waals surface area contributed by atoms with E-state index in [0.717, 1.165) is 44.3 Å². The molecule has 0 bridgehead atoms. The normalized spacial score (nSPS) is 19.7. The Morgan fingerprint density at radius 3 is 2.37 bits per heavy atom. The van der Waals surface area contributed by atoms with Gasteiger partial charge in [0.2, 0.25) is 5.91 Å². The summed E-state index contributed by atoms with van der Waals surface area (Å²) in [5, 5.41) is 2.72. The van der Waals surface area contributed by atoms with Gasteiger partial charge in [-0.15, -0.1) is 0 Å². The third-order valence-corrected chi connectivity index (χ3v) is 6.05. The summed E-state index contributed by atoms with van der Waals surface area (Å²) >= 11 is 0. The van der Waals surface area contributed by atoms with Crippen molar-refractivity contribution in [3.8, 4) is 0 Å². The van der Waals surface area contributed by atoms with E-state index in [4.69, 9.17) is 0 Å². The summed E-state index contributed by atoms with van der Waals surface area (Å²) in [4.78, 5) is 29.0. The third-order valence-electron chi connectivity index (χ3n) is 6.05. The first-order valence-electron chi connectivity index (χ1n) is 9.91. The quantitative estimate of drug-likeness (QED) is 0.893. The molecule has 3 aliphatic rings. The van der Waals surface area contributed by atoms with Gasteiger partial charge in [0.1, 0.15) is 0 Å². The molecular formula is C22H27N3O2. The fraction of sp³-hybridized carbons (Fsp3) is 0.455. The Hall–Kier alpha value is -2.56. The Morgan fingerprint density at radius 2 is 1.74 bits per heavy atom. The zero-order chi connectivity index (χ0) is 18.8. The molecule has 0 spiro atoms. The summed E-state index contributed by atoms with van der Waals surface area (Å²) in [5.41, 5.74) is 4.75. The lowest BCUT2D eigenvalue weighted by molar-refractivity contribution is -0.125. The predicted octanol–water partition coefficient (Wildman–Crippen LogP) is 2.14. The van der Waals surface area contributed by atoms with Crippen LogP contribution in [-0.4, -0.2) is 54.8 Å². The summed E-state index contributed by atoms with van der Waals surface area (Å²) in [6.45, 7) is 3.34. The van der Waals surface area contributed by atoms with Crippen molar-refractivity contribution >= 4 is 11.8 Å². The molecule has 1 aliphatic carbocycles. The van der Waals surface area contributed by atoms with Gasteiger partial charge in [-0.3, -0.25) is 9.59 Å². The van der Waals surface area contributed by atoms with E-state index in [1.54, 1.807) is 7.05 Å². The monoisotopic (exact) mass is 365 g/mol. The van der Waals surface area contributed by atoms with Crippen LogP contribution in [0.1, 0.15) is 34.3 Å². The second-order valence-corrected chi connectivity index (χ2v) is 7.60. The van der Waals surface area contributed by atoms with Crippen LogP contribution in [-0.2, 0) is 17.6 Å². The van der Waals surface area contributed by atoms with Gasteiger partial charge in [0.15, 0.2) is 0 Å². The molecule has 1 aromatic carbocycles. The van der Waals surface area contributed by atoms with Crippen molar-refractivity contribution in [2.24, 2.45) is 5.92 Å². The average Bonchev–Trinajstić information content (AvgIpc) is 2.88. The molecule has 4 rings (SSSR count). The molecule has 5 nitrogen and oxygen atoms in total. The topological polar surface area (TPSA) is 52.7 Å². The SMILES string of the molecule is CNC(=O)C1CCN(C(=O)c2ccc3c(c2)CCN(C2=CC=C2)CC3)CC1. The van der Waals surface area contributed by atoms with Gasteiger partial charge in [0, 0.05) is 50.4 Å². The van der Waals surface area contributed by atoms with E-state index in [9.17, 15) is 9.59 Å². The zero-order valence-corrected chi connectivity index (χ0v) is 15.9. The lowest BCUT2D eigenvalue weighted by atomic mass is 9.94. The van der Waals surface area contributed by atoms with E-state index >= 15 is 0 Å². The number of nitrogens with zero attached hydrogens (tertiary/aromatic N) is 2. The number of likely N-dealkylation sites (tertiary alicyclic amines) is 1. The van der Waals surface area contributed by atoms with E-state index in [-0.39, 0.29) is 17.7 Å². The van der Waals surface area contributed by atoms with E-state index in [0.29, 0.717) is 13.1 Å². The highest BCUT2D eigenvalue weighted by Crippen LogP contribution is 2.24. The Balaban J connectivity index is 1.41. The van der Waals surface area contributed by atoms with E-state index < -0.39 is 0 Å². The molecule has 0 radical (unpaired) electrons. The Kier molecular flexibility index (Phi) is 5.01. The van der Waals surface area contributed by atoms with Gasteiger partial charge in [0.25, 0.3) is 5.91 Å². The van der Waals surface area contributed by atoms with Crippen molar-refractivity contribution < 1.29 is 9.59 Å². The molecule has 2 heterocycles. The predicted molar refractivity (Wildman–Crippen MR) is 105 cm³/mol. The van der Waals surface area contributed by atoms with Crippen LogP contribution < -0.4 is 5.32 Å². The number of hydrogen-bond acceptors (Lipinski definition) is 3. The van der Waals surface area contributed by atoms with Crippen molar-refractivity contribution in [3.63, 3.8) is 0 Å². The molecule has 5 heteroatoms. The minimum atomic E-state index is 0.0342. The standard InChI is InChI=1S/C22H27N3O2/c1-23-21(26)17-8-13-25(14-9-17)22(27)19-6-5-16-7-11-24(20-3-2-4-20)12-10-18(16)15-19/h2-6,15,17H,7-14H2,1H3,(H,23,26). The highest BCUT2D eigenvalue weighted by molar-refractivity contribution is 5.94. The molecule has 1 fully saturated rings. The maximum Gasteiger partial charge on any atom is 0.253 e. The minimum Gasteiger partial charge on any atom is -0.371 e. The number of piperidine rings is 1. The van der Waals surface area contributed by atoms with Crippen LogP contribution in [0, 0.1) is 5.92 Å². The van der Waals surface area contributed by atoms with Gasteiger partial charge in [-0.25, -0.2) is 0 Å². The summed E-state index contributed by atoms with van der Waals surface area (Å²) in [7, 11) is 1.68. The van der Waals surface area contributed by atoms with Crippen LogP contribution in [0.4, 0.5) is 0 Å². The molecule has 27 heavy (non-hydrogen) atoms. The average molecular weight is 365 g/mol. The van der Waals surface area contributed by atoms with Crippen molar-refractivity contribution in [1.82, 2.24) is 15.1 Å². The molecule has 1 aromatic rings. The lowest BCUT2D eigenvalue weighted by Crippen LogP contribution is -2.42. The first-order chi connectivity index (χ1) is 13.2. The van der Waals surface area contributed by atoms with Crippen molar-refractivity contribution in [1.29, 1.82) is 0 Å². The summed E-state index contributed by atoms with van der Waals surface area (Å²) in [6, 6.07) is 6.20. The number of nitrogens with one attached hydrogen (secondary N) is 1. The lowest BCUT2D eigenvalue weighted by Gasteiger charge is -2.31. The number of benzene rings is 1. The highest BCUT2D eigenvalue weighted by atomic mass is 16.2. The van der Waals surface area contributed by atoms with Crippen LogP contribution in [0.25, 0.3) is 0 Å². The van der Waals surface area contributed by atoms with Crippen molar-refractivity contribution in [2.75, 3.05) is 33.2 Å². The van der Waals surface area contributed by atoms with Gasteiger partial charge in [0.05, 0.1) is 0 Å². The molecule has 0 unspecified atom stereocenters. The largest absolute Gasteiger partial charge is 0.371 e. The molecule has 1 N–H and O–H groups in total. The zero-order valence-electron chi connectivity index (χ0n) is 15.9. The number of rotatable bonds is 3. The molecule has 0 aromatic heterocycles. The smallest absolute Gasteiger partial charge is 0.253 e. The summed E-state index contributed by atoms with van der Waals surface area (Å²) in [6.07, 6.45) is 9.88. The van der Waals surface area contributed by atoms with E-state index in [1.165, 1.54) is 16.8 Å². The van der Waals surface area contributed by atoms with Gasteiger partial charge in [-0.1, -0.05) is 12.1 Å². The second-order valence-electron chi connectivity index (χ2n) is 7.60. The van der Waals surface area contributed by atoms with Gasteiger partial charge >= 0.3 is 0 Å². The van der Waals surface area contributed by atoms with Crippen molar-refractivity contribution in [3.05, 3.63) is 58.8 Å². The van der Waals surface area contributed by atoms with Crippen LogP contribution in [0.15, 0.2) is 42.1 Å². The van der Waals surface area contributed by atoms with Gasteiger partial charge < -0.3 is 15.1 Å². The highest BCUT2D eigenvalue weighted by Gasteiger charge is 2.27. The molecule has 0 saturated carbocycles. The van der Waals surface area contributed by atoms with Crippen LogP contribution in [0.5, 0.6) is 0 Å². The van der Waals surface area contributed by atoms with Gasteiger partial charge in [-0.05, 0) is 61.1 Å². The molecule has 0 atom stereocenters. The first-order valence-corrected chi connectivity index (χ1v) is 9.91. The molecule has 2 amide bonds.